The van der Waals surface area contributed by atoms with E-state index < -0.39 is 0 Å². The lowest BCUT2D eigenvalue weighted by atomic mass is 10.3. The number of rotatable bonds is 5. The van der Waals surface area contributed by atoms with Crippen LogP contribution in [0.2, 0.25) is 0 Å². The maximum absolute atomic E-state index is 5.15. The van der Waals surface area contributed by atoms with Gasteiger partial charge in [-0.25, -0.2) is 4.40 Å². The van der Waals surface area contributed by atoms with Crippen molar-refractivity contribution in [2.24, 2.45) is 4.40 Å². The average Bonchev–Trinajstić information content (AvgIpc) is 2.92. The van der Waals surface area contributed by atoms with E-state index in [0.29, 0.717) is 0 Å². The van der Waals surface area contributed by atoms with Crippen molar-refractivity contribution in [1.29, 1.82) is 0 Å². The van der Waals surface area contributed by atoms with Crippen LogP contribution in [0.5, 0.6) is 5.75 Å². The molecule has 4 heteroatoms. The van der Waals surface area contributed by atoms with Crippen LogP contribution in [0, 0.1) is 0 Å². The van der Waals surface area contributed by atoms with E-state index in [1.165, 1.54) is 11.9 Å². The summed E-state index contributed by atoms with van der Waals surface area (Å²) < 4.78 is 14.5. The topological polar surface area (TPSA) is 34.7 Å². The molecule has 0 unspecified atom stereocenters. The van der Waals surface area contributed by atoms with Crippen molar-refractivity contribution in [3.63, 3.8) is 0 Å². The summed E-state index contributed by atoms with van der Waals surface area (Å²) >= 11 is 1.41. The Morgan fingerprint density at radius 3 is 2.72 bits per heavy atom. The maximum Gasteiger partial charge on any atom is 0.126 e. The molecule has 3 nitrogen and oxygen atoms in total. The van der Waals surface area contributed by atoms with Gasteiger partial charge < -0.3 is 9.15 Å². The highest BCUT2D eigenvalue weighted by Crippen LogP contribution is 2.21. The molecule has 0 aliphatic carbocycles. The van der Waals surface area contributed by atoms with Gasteiger partial charge >= 0.3 is 0 Å². The van der Waals surface area contributed by atoms with E-state index in [9.17, 15) is 0 Å². The zero-order chi connectivity index (χ0) is 12.6. The van der Waals surface area contributed by atoms with Gasteiger partial charge in [-0.1, -0.05) is 0 Å². The smallest absolute Gasteiger partial charge is 0.126 e. The Morgan fingerprint density at radius 1 is 1.22 bits per heavy atom. The molecule has 0 N–H and O–H groups in total. The first kappa shape index (κ1) is 12.5. The van der Waals surface area contributed by atoms with E-state index in [1.54, 1.807) is 19.6 Å². The number of hydrogen-bond acceptors (Lipinski definition) is 4. The highest BCUT2D eigenvalue weighted by atomic mass is 32.2. The summed E-state index contributed by atoms with van der Waals surface area (Å²) in [5.74, 6) is 1.66. The monoisotopic (exact) mass is 259 g/mol. The third-order valence-electron chi connectivity index (χ3n) is 2.17. The SMILES string of the molecule is COc1ccc(S/N=C/C=C/c2ccco2)cc1. The molecule has 0 radical (unpaired) electrons. The largest absolute Gasteiger partial charge is 0.497 e. The third kappa shape index (κ3) is 3.82. The van der Waals surface area contributed by atoms with Gasteiger partial charge in [-0.3, -0.25) is 0 Å². The summed E-state index contributed by atoms with van der Waals surface area (Å²) in [4.78, 5) is 1.07. The molecule has 2 aromatic rings. The number of nitrogens with zero attached hydrogens (tertiary/aromatic N) is 1. The van der Waals surface area contributed by atoms with Crippen LogP contribution in [0.25, 0.3) is 6.08 Å². The molecule has 1 heterocycles. The second-order valence-electron chi connectivity index (χ2n) is 3.40. The van der Waals surface area contributed by atoms with Gasteiger partial charge in [0.05, 0.1) is 13.4 Å². The summed E-state index contributed by atoms with van der Waals surface area (Å²) in [6.45, 7) is 0. The first-order valence-electron chi connectivity index (χ1n) is 5.43. The van der Waals surface area contributed by atoms with Crippen molar-refractivity contribution in [1.82, 2.24) is 0 Å². The zero-order valence-corrected chi connectivity index (χ0v) is 10.8. The van der Waals surface area contributed by atoms with Crippen LogP contribution < -0.4 is 4.74 Å². The first-order valence-corrected chi connectivity index (χ1v) is 6.20. The summed E-state index contributed by atoms with van der Waals surface area (Å²) in [6, 6.07) is 11.5. The lowest BCUT2D eigenvalue weighted by Gasteiger charge is -1.99. The van der Waals surface area contributed by atoms with E-state index in [4.69, 9.17) is 9.15 Å². The fraction of sp³-hybridized carbons (Fsp3) is 0.0714. The second kappa shape index (κ2) is 6.71. The van der Waals surface area contributed by atoms with E-state index in [-0.39, 0.29) is 0 Å². The lowest BCUT2D eigenvalue weighted by molar-refractivity contribution is 0.414. The molecule has 92 valence electrons. The number of benzene rings is 1. The number of ether oxygens (including phenoxy) is 1. The fourth-order valence-corrected chi connectivity index (χ4v) is 1.80. The van der Waals surface area contributed by atoms with Crippen LogP contribution >= 0.6 is 11.9 Å². The van der Waals surface area contributed by atoms with Gasteiger partial charge in [0.2, 0.25) is 0 Å². The predicted octanol–water partition coefficient (Wildman–Crippen LogP) is 4.08. The molecule has 0 atom stereocenters. The number of furan rings is 1. The maximum atomic E-state index is 5.15. The molecular formula is C14H13NO2S. The predicted molar refractivity (Wildman–Crippen MR) is 75.1 cm³/mol. The lowest BCUT2D eigenvalue weighted by Crippen LogP contribution is -1.80. The van der Waals surface area contributed by atoms with Gasteiger partial charge in [-0.05, 0) is 48.6 Å². The number of allylic oxidation sites excluding steroid dienone is 1. The fourth-order valence-electron chi connectivity index (χ4n) is 1.29. The summed E-state index contributed by atoms with van der Waals surface area (Å²) in [5, 5.41) is 0. The highest BCUT2D eigenvalue weighted by molar-refractivity contribution is 7.98. The van der Waals surface area contributed by atoms with Gasteiger partial charge in [0, 0.05) is 23.1 Å². The zero-order valence-electron chi connectivity index (χ0n) is 9.95. The van der Waals surface area contributed by atoms with Crippen LogP contribution in [0.1, 0.15) is 5.76 Å². The quantitative estimate of drug-likeness (QED) is 0.599. The normalized spacial score (nSPS) is 11.4. The minimum absolute atomic E-state index is 0.816. The minimum atomic E-state index is 0.816. The van der Waals surface area contributed by atoms with Gasteiger partial charge in [-0.2, -0.15) is 0 Å². The molecule has 0 bridgehead atoms. The standard InChI is InChI=1S/C14H13NO2S/c1-16-12-6-8-14(9-7-12)18-15-10-2-4-13-5-3-11-17-13/h2-11H,1H3/b4-2+,15-10+. The van der Waals surface area contributed by atoms with Crippen molar-refractivity contribution in [3.8, 4) is 5.75 Å². The van der Waals surface area contributed by atoms with Crippen molar-refractivity contribution in [2.75, 3.05) is 7.11 Å². The Kier molecular flexibility index (Phi) is 4.67. The highest BCUT2D eigenvalue weighted by Gasteiger charge is 1.92. The van der Waals surface area contributed by atoms with Crippen molar-refractivity contribution < 1.29 is 9.15 Å². The molecule has 0 aliphatic rings. The van der Waals surface area contributed by atoms with E-state index in [1.807, 2.05) is 48.6 Å². The number of hydrogen-bond donors (Lipinski definition) is 0. The van der Waals surface area contributed by atoms with Crippen molar-refractivity contribution >= 4 is 24.2 Å². The van der Waals surface area contributed by atoms with Crippen molar-refractivity contribution in [2.45, 2.75) is 4.90 Å². The number of methoxy groups -OCH3 is 1. The Bertz CT molecular complexity index is 515. The van der Waals surface area contributed by atoms with E-state index in [2.05, 4.69) is 4.40 Å². The average molecular weight is 259 g/mol. The van der Waals surface area contributed by atoms with Gasteiger partial charge in [0.25, 0.3) is 0 Å². The van der Waals surface area contributed by atoms with Crippen LogP contribution in [0.4, 0.5) is 0 Å². The Morgan fingerprint density at radius 2 is 2.06 bits per heavy atom. The summed E-state index contributed by atoms with van der Waals surface area (Å²) in [6.07, 6.45) is 7.08. The Labute approximate surface area is 110 Å². The summed E-state index contributed by atoms with van der Waals surface area (Å²) in [5.41, 5.74) is 0. The molecule has 0 fully saturated rings. The molecule has 18 heavy (non-hydrogen) atoms. The molecule has 0 saturated heterocycles. The van der Waals surface area contributed by atoms with Crippen molar-refractivity contribution in [3.05, 3.63) is 54.5 Å². The van der Waals surface area contributed by atoms with Crippen LogP contribution in [0.15, 0.2) is 62.4 Å². The Hall–Kier alpha value is -1.94. The van der Waals surface area contributed by atoms with E-state index >= 15 is 0 Å². The Balaban J connectivity index is 1.83. The van der Waals surface area contributed by atoms with Crippen LogP contribution in [-0.4, -0.2) is 13.3 Å². The molecule has 1 aromatic heterocycles. The molecular weight excluding hydrogens is 246 g/mol. The third-order valence-corrected chi connectivity index (χ3v) is 2.88. The van der Waals surface area contributed by atoms with Gasteiger partial charge in [-0.15, -0.1) is 0 Å². The minimum Gasteiger partial charge on any atom is -0.497 e. The van der Waals surface area contributed by atoms with Crippen LogP contribution in [-0.2, 0) is 0 Å². The summed E-state index contributed by atoms with van der Waals surface area (Å²) in [7, 11) is 1.65. The van der Waals surface area contributed by atoms with E-state index in [0.717, 1.165) is 16.4 Å². The van der Waals surface area contributed by atoms with Gasteiger partial charge in [0.15, 0.2) is 0 Å². The molecule has 0 aliphatic heterocycles. The molecule has 2 rings (SSSR count). The second-order valence-corrected chi connectivity index (χ2v) is 4.26. The molecule has 0 saturated carbocycles. The van der Waals surface area contributed by atoms with Crippen LogP contribution in [0.3, 0.4) is 0 Å². The molecule has 0 amide bonds. The van der Waals surface area contributed by atoms with Gasteiger partial charge in [0.1, 0.15) is 11.5 Å². The molecule has 1 aromatic carbocycles. The first-order chi connectivity index (χ1) is 8.88. The molecule has 0 spiro atoms.